The van der Waals surface area contributed by atoms with Gasteiger partial charge in [0.25, 0.3) is 11.8 Å². The van der Waals surface area contributed by atoms with Crippen LogP contribution in [-0.2, 0) is 14.4 Å². The number of benzene rings is 1. The Hall–Kier alpha value is -2.34. The second-order valence-corrected chi connectivity index (χ2v) is 6.25. The molecular formula is C17H17ClN2O4. The number of hydrogen-bond acceptors (Lipinski definition) is 4. The topological polar surface area (TPSA) is 86.7 Å². The molecule has 0 saturated carbocycles. The molecule has 24 heavy (non-hydrogen) atoms. The Labute approximate surface area is 144 Å². The number of anilines is 2. The smallest absolute Gasteiger partial charge is 0.305 e. The van der Waals surface area contributed by atoms with Crippen molar-refractivity contribution in [3.05, 3.63) is 34.4 Å². The van der Waals surface area contributed by atoms with Crippen molar-refractivity contribution in [1.29, 1.82) is 0 Å². The van der Waals surface area contributed by atoms with Gasteiger partial charge in [-0.3, -0.25) is 14.4 Å². The van der Waals surface area contributed by atoms with Crippen molar-refractivity contribution in [3.63, 3.8) is 0 Å². The molecular weight excluding hydrogens is 332 g/mol. The molecule has 1 aromatic rings. The standard InChI is InChI=1S/C17H17ClN2O4/c18-13-6-5-10(9-14(13)19-8-7-15(21)22)20-16(23)11-3-1-2-4-12(11)17(20)24/h5-6,9,19H,1-4,7-8H2,(H,21,22). The Balaban J connectivity index is 1.84. The Morgan fingerprint density at radius 3 is 2.38 bits per heavy atom. The summed E-state index contributed by atoms with van der Waals surface area (Å²) in [5.41, 5.74) is 2.20. The molecule has 0 aromatic heterocycles. The number of nitrogens with one attached hydrogen (secondary N) is 1. The van der Waals surface area contributed by atoms with E-state index >= 15 is 0 Å². The Morgan fingerprint density at radius 2 is 1.79 bits per heavy atom. The second-order valence-electron chi connectivity index (χ2n) is 5.84. The molecule has 0 spiro atoms. The molecule has 0 fully saturated rings. The third-order valence-corrected chi connectivity index (χ3v) is 4.58. The summed E-state index contributed by atoms with van der Waals surface area (Å²) in [6.07, 6.45) is 3.09. The first kappa shape index (κ1) is 16.5. The van der Waals surface area contributed by atoms with E-state index in [2.05, 4.69) is 5.32 Å². The number of halogens is 1. The van der Waals surface area contributed by atoms with Crippen LogP contribution in [-0.4, -0.2) is 29.4 Å². The van der Waals surface area contributed by atoms with Crippen molar-refractivity contribution < 1.29 is 19.5 Å². The molecule has 1 aliphatic heterocycles. The van der Waals surface area contributed by atoms with Crippen molar-refractivity contribution in [2.75, 3.05) is 16.8 Å². The summed E-state index contributed by atoms with van der Waals surface area (Å²) in [4.78, 5) is 36.9. The van der Waals surface area contributed by atoms with Crippen LogP contribution in [0.4, 0.5) is 11.4 Å². The SMILES string of the molecule is O=C(O)CCNc1cc(N2C(=O)C3=C(CCCC3)C2=O)ccc1Cl. The first-order valence-electron chi connectivity index (χ1n) is 7.85. The lowest BCUT2D eigenvalue weighted by molar-refractivity contribution is -0.136. The van der Waals surface area contributed by atoms with Crippen LogP contribution in [0.1, 0.15) is 32.1 Å². The molecule has 126 valence electrons. The van der Waals surface area contributed by atoms with Crippen LogP contribution in [0.25, 0.3) is 0 Å². The number of carboxylic acid groups (broad SMARTS) is 1. The van der Waals surface area contributed by atoms with Crippen LogP contribution in [0.3, 0.4) is 0 Å². The summed E-state index contributed by atoms with van der Waals surface area (Å²) in [5, 5.41) is 12.0. The predicted molar refractivity (Wildman–Crippen MR) is 90.2 cm³/mol. The van der Waals surface area contributed by atoms with E-state index in [0.717, 1.165) is 12.8 Å². The van der Waals surface area contributed by atoms with E-state index in [1.807, 2.05) is 0 Å². The summed E-state index contributed by atoms with van der Waals surface area (Å²) in [6.45, 7) is 0.204. The van der Waals surface area contributed by atoms with Crippen LogP contribution in [0.15, 0.2) is 29.3 Å². The quantitative estimate of drug-likeness (QED) is 0.799. The van der Waals surface area contributed by atoms with Gasteiger partial charge < -0.3 is 10.4 Å². The molecule has 0 saturated heterocycles. The third kappa shape index (κ3) is 3.01. The van der Waals surface area contributed by atoms with Crippen molar-refractivity contribution in [2.45, 2.75) is 32.1 Å². The van der Waals surface area contributed by atoms with E-state index in [-0.39, 0.29) is 24.8 Å². The van der Waals surface area contributed by atoms with Gasteiger partial charge in [0.1, 0.15) is 0 Å². The van der Waals surface area contributed by atoms with E-state index < -0.39 is 5.97 Å². The van der Waals surface area contributed by atoms with E-state index in [1.165, 1.54) is 4.90 Å². The first-order valence-corrected chi connectivity index (χ1v) is 8.23. The van der Waals surface area contributed by atoms with Gasteiger partial charge >= 0.3 is 5.97 Å². The average Bonchev–Trinajstić information content (AvgIpc) is 2.81. The van der Waals surface area contributed by atoms with E-state index in [4.69, 9.17) is 16.7 Å². The molecule has 0 unspecified atom stereocenters. The Kier molecular flexibility index (Phi) is 4.57. The molecule has 0 bridgehead atoms. The summed E-state index contributed by atoms with van der Waals surface area (Å²) < 4.78 is 0. The van der Waals surface area contributed by atoms with Gasteiger partial charge in [0.15, 0.2) is 0 Å². The summed E-state index contributed by atoms with van der Waals surface area (Å²) >= 11 is 6.10. The number of carbonyl (C=O) groups excluding carboxylic acids is 2. The highest BCUT2D eigenvalue weighted by Crippen LogP contribution is 2.37. The van der Waals surface area contributed by atoms with Gasteiger partial charge in [-0.25, -0.2) is 4.90 Å². The molecule has 0 radical (unpaired) electrons. The predicted octanol–water partition coefficient (Wildman–Crippen LogP) is 2.97. The summed E-state index contributed by atoms with van der Waals surface area (Å²) in [7, 11) is 0. The number of nitrogens with zero attached hydrogens (tertiary/aromatic N) is 1. The van der Waals surface area contributed by atoms with Crippen LogP contribution in [0.2, 0.25) is 5.02 Å². The number of carboxylic acids is 1. The number of carbonyl (C=O) groups is 3. The monoisotopic (exact) mass is 348 g/mol. The maximum atomic E-state index is 12.6. The highest BCUT2D eigenvalue weighted by atomic mass is 35.5. The molecule has 1 aliphatic carbocycles. The maximum absolute atomic E-state index is 12.6. The molecule has 6 nitrogen and oxygen atoms in total. The van der Waals surface area contributed by atoms with Gasteiger partial charge in [-0.1, -0.05) is 11.6 Å². The van der Waals surface area contributed by atoms with Crippen LogP contribution >= 0.6 is 11.6 Å². The number of imide groups is 1. The van der Waals surface area contributed by atoms with Crippen molar-refractivity contribution in [1.82, 2.24) is 0 Å². The van der Waals surface area contributed by atoms with Crippen molar-refractivity contribution >= 4 is 40.8 Å². The fourth-order valence-electron chi connectivity index (χ4n) is 3.07. The normalized spacial score (nSPS) is 17.3. The summed E-state index contributed by atoms with van der Waals surface area (Å²) in [5.74, 6) is -1.43. The average molecular weight is 349 g/mol. The van der Waals surface area contributed by atoms with Gasteiger partial charge in [0.2, 0.25) is 0 Å². The van der Waals surface area contributed by atoms with Crippen LogP contribution in [0, 0.1) is 0 Å². The zero-order chi connectivity index (χ0) is 17.3. The lowest BCUT2D eigenvalue weighted by Crippen LogP contribution is -2.31. The zero-order valence-electron chi connectivity index (χ0n) is 13.0. The molecule has 1 aromatic carbocycles. The highest BCUT2D eigenvalue weighted by molar-refractivity contribution is 6.35. The first-order chi connectivity index (χ1) is 11.5. The van der Waals surface area contributed by atoms with Gasteiger partial charge in [0.05, 0.1) is 22.8 Å². The minimum Gasteiger partial charge on any atom is -0.481 e. The fourth-order valence-corrected chi connectivity index (χ4v) is 3.25. The molecule has 2 aliphatic rings. The number of rotatable bonds is 5. The van der Waals surface area contributed by atoms with E-state index in [0.29, 0.717) is 40.4 Å². The minimum atomic E-state index is -0.920. The fraction of sp³-hybridized carbons (Fsp3) is 0.353. The minimum absolute atomic E-state index is 0.0576. The molecule has 2 amide bonds. The van der Waals surface area contributed by atoms with Gasteiger partial charge in [-0.15, -0.1) is 0 Å². The molecule has 0 atom stereocenters. The third-order valence-electron chi connectivity index (χ3n) is 4.25. The van der Waals surface area contributed by atoms with Crippen molar-refractivity contribution in [2.24, 2.45) is 0 Å². The molecule has 2 N–H and O–H groups in total. The molecule has 7 heteroatoms. The molecule has 3 rings (SSSR count). The van der Waals surface area contributed by atoms with E-state index in [1.54, 1.807) is 18.2 Å². The molecule has 1 heterocycles. The lowest BCUT2D eigenvalue weighted by atomic mass is 9.93. The Morgan fingerprint density at radius 1 is 1.17 bits per heavy atom. The van der Waals surface area contributed by atoms with Gasteiger partial charge in [-0.2, -0.15) is 0 Å². The second kappa shape index (κ2) is 6.65. The van der Waals surface area contributed by atoms with Crippen molar-refractivity contribution in [3.8, 4) is 0 Å². The van der Waals surface area contributed by atoms with Gasteiger partial charge in [-0.05, 0) is 43.9 Å². The largest absolute Gasteiger partial charge is 0.481 e. The maximum Gasteiger partial charge on any atom is 0.305 e. The number of amides is 2. The summed E-state index contributed by atoms with van der Waals surface area (Å²) in [6, 6.07) is 4.83. The number of aliphatic carboxylic acids is 1. The Bertz CT molecular complexity index is 729. The van der Waals surface area contributed by atoms with E-state index in [9.17, 15) is 14.4 Å². The zero-order valence-corrected chi connectivity index (χ0v) is 13.7. The van der Waals surface area contributed by atoms with Crippen LogP contribution in [0.5, 0.6) is 0 Å². The van der Waals surface area contributed by atoms with Gasteiger partial charge in [0, 0.05) is 17.7 Å². The lowest BCUT2D eigenvalue weighted by Gasteiger charge is -2.17. The highest BCUT2D eigenvalue weighted by Gasteiger charge is 2.39. The van der Waals surface area contributed by atoms with Crippen LogP contribution < -0.4 is 10.2 Å². The number of hydrogen-bond donors (Lipinski definition) is 2.